The van der Waals surface area contributed by atoms with Gasteiger partial charge in [-0.2, -0.15) is 5.10 Å². The van der Waals surface area contributed by atoms with Crippen LogP contribution in [-0.2, 0) is 6.42 Å². The van der Waals surface area contributed by atoms with Crippen molar-refractivity contribution in [1.29, 1.82) is 0 Å². The molecule has 0 spiro atoms. The van der Waals surface area contributed by atoms with E-state index in [1.54, 1.807) is 6.20 Å². The van der Waals surface area contributed by atoms with Crippen molar-refractivity contribution in [2.45, 2.75) is 46.2 Å². The van der Waals surface area contributed by atoms with Crippen LogP contribution >= 0.6 is 0 Å². The number of hydrogen-bond acceptors (Lipinski definition) is 3. The second-order valence-electron chi connectivity index (χ2n) is 8.22. The average Bonchev–Trinajstić information content (AvgIpc) is 3.29. The molecular weight excluding hydrogens is 362 g/mol. The third kappa shape index (κ3) is 2.66. The number of amides is 1. The van der Waals surface area contributed by atoms with Crippen molar-refractivity contribution in [2.24, 2.45) is 0 Å². The largest absolute Gasteiger partial charge is 0.356 e. The van der Waals surface area contributed by atoms with Gasteiger partial charge in [-0.15, -0.1) is 0 Å². The molecule has 148 valence electrons. The summed E-state index contributed by atoms with van der Waals surface area (Å²) in [5, 5.41) is 6.57. The second kappa shape index (κ2) is 6.44. The maximum Gasteiger partial charge on any atom is 0.255 e. The van der Waals surface area contributed by atoms with Gasteiger partial charge >= 0.3 is 0 Å². The number of para-hydroxylation sites is 1. The molecule has 0 aliphatic carbocycles. The van der Waals surface area contributed by atoms with Gasteiger partial charge < -0.3 is 9.88 Å². The summed E-state index contributed by atoms with van der Waals surface area (Å²) in [4.78, 5) is 23.8. The van der Waals surface area contributed by atoms with Gasteiger partial charge in [0.25, 0.3) is 5.91 Å². The molecule has 0 radical (unpaired) electrons. The summed E-state index contributed by atoms with van der Waals surface area (Å²) >= 11 is 0. The SMILES string of the molecule is Cc1cc(C(=O)N2CCc3c([nH]c4ccccc34)C2C)c2cnn(C(C)C)c2n1. The Morgan fingerprint density at radius 1 is 1.24 bits per heavy atom. The van der Waals surface area contributed by atoms with Gasteiger partial charge in [-0.1, -0.05) is 18.2 Å². The molecule has 1 aromatic carbocycles. The van der Waals surface area contributed by atoms with Crippen LogP contribution in [0.3, 0.4) is 0 Å². The molecule has 3 aromatic heterocycles. The normalized spacial score (nSPS) is 16.7. The van der Waals surface area contributed by atoms with Crippen LogP contribution in [0.5, 0.6) is 0 Å². The molecule has 1 amide bonds. The van der Waals surface area contributed by atoms with Gasteiger partial charge in [0.15, 0.2) is 5.65 Å². The fraction of sp³-hybridized carbons (Fsp3) is 0.348. The molecular formula is C23H25N5O. The highest BCUT2D eigenvalue weighted by Crippen LogP contribution is 2.35. The number of fused-ring (bicyclic) bond motifs is 4. The van der Waals surface area contributed by atoms with Crippen molar-refractivity contribution in [3.05, 3.63) is 59.0 Å². The first-order valence-electron chi connectivity index (χ1n) is 10.2. The van der Waals surface area contributed by atoms with E-state index in [4.69, 9.17) is 0 Å². The minimum atomic E-state index is -0.0117. The summed E-state index contributed by atoms with van der Waals surface area (Å²) < 4.78 is 1.88. The highest BCUT2D eigenvalue weighted by molar-refractivity contribution is 6.06. The van der Waals surface area contributed by atoms with Gasteiger partial charge in [-0.3, -0.25) is 4.79 Å². The lowest BCUT2D eigenvalue weighted by Crippen LogP contribution is -2.39. The van der Waals surface area contributed by atoms with Gasteiger partial charge in [0.1, 0.15) is 0 Å². The summed E-state index contributed by atoms with van der Waals surface area (Å²) in [6, 6.07) is 10.4. The fourth-order valence-corrected chi connectivity index (χ4v) is 4.56. The number of pyridine rings is 1. The van der Waals surface area contributed by atoms with Gasteiger partial charge in [0.05, 0.1) is 23.2 Å². The number of rotatable bonds is 2. The number of carbonyl (C=O) groups is 1. The van der Waals surface area contributed by atoms with Crippen LogP contribution in [0.15, 0.2) is 36.5 Å². The molecule has 6 heteroatoms. The summed E-state index contributed by atoms with van der Waals surface area (Å²) in [5.74, 6) is 0.0422. The van der Waals surface area contributed by atoms with Crippen molar-refractivity contribution in [1.82, 2.24) is 24.6 Å². The monoisotopic (exact) mass is 387 g/mol. The zero-order chi connectivity index (χ0) is 20.3. The zero-order valence-corrected chi connectivity index (χ0v) is 17.2. The lowest BCUT2D eigenvalue weighted by atomic mass is 9.97. The molecule has 4 heterocycles. The topological polar surface area (TPSA) is 66.8 Å². The van der Waals surface area contributed by atoms with E-state index in [0.717, 1.165) is 34.4 Å². The third-order valence-electron chi connectivity index (χ3n) is 6.01. The molecule has 0 saturated carbocycles. The van der Waals surface area contributed by atoms with E-state index in [1.807, 2.05) is 28.6 Å². The zero-order valence-electron chi connectivity index (χ0n) is 17.2. The number of benzene rings is 1. The molecule has 0 bridgehead atoms. The molecule has 1 aliphatic rings. The van der Waals surface area contributed by atoms with Crippen LogP contribution in [0, 0.1) is 6.92 Å². The molecule has 4 aromatic rings. The Morgan fingerprint density at radius 2 is 2.03 bits per heavy atom. The van der Waals surface area contributed by atoms with Crippen LogP contribution in [0.25, 0.3) is 21.9 Å². The Balaban J connectivity index is 1.58. The van der Waals surface area contributed by atoms with Crippen molar-refractivity contribution < 1.29 is 4.79 Å². The number of aromatic nitrogens is 4. The first kappa shape index (κ1) is 17.9. The predicted molar refractivity (Wildman–Crippen MR) is 114 cm³/mol. The lowest BCUT2D eigenvalue weighted by molar-refractivity contribution is 0.0676. The van der Waals surface area contributed by atoms with Gasteiger partial charge in [-0.25, -0.2) is 9.67 Å². The van der Waals surface area contributed by atoms with E-state index in [9.17, 15) is 4.79 Å². The van der Waals surface area contributed by atoms with Crippen molar-refractivity contribution in [3.63, 3.8) is 0 Å². The molecule has 6 nitrogen and oxygen atoms in total. The summed E-state index contributed by atoms with van der Waals surface area (Å²) in [6.07, 6.45) is 2.63. The summed E-state index contributed by atoms with van der Waals surface area (Å²) in [6.45, 7) is 8.89. The number of carbonyl (C=O) groups excluding carboxylic acids is 1. The van der Waals surface area contributed by atoms with Crippen LogP contribution < -0.4 is 0 Å². The fourth-order valence-electron chi connectivity index (χ4n) is 4.56. The number of hydrogen-bond donors (Lipinski definition) is 1. The number of aromatic amines is 1. The maximum atomic E-state index is 13.6. The Bertz CT molecular complexity index is 1250. The Labute approximate surface area is 169 Å². The van der Waals surface area contributed by atoms with E-state index < -0.39 is 0 Å². The quantitative estimate of drug-likeness (QED) is 0.548. The molecule has 1 aliphatic heterocycles. The van der Waals surface area contributed by atoms with Crippen LogP contribution in [0.2, 0.25) is 0 Å². The number of aryl methyl sites for hydroxylation is 1. The standard InChI is InChI=1S/C23H25N5O/c1-13(2)28-22-19(12-24-28)18(11-14(3)25-22)23(29)27-10-9-17-16-7-5-6-8-20(16)26-21(17)15(27)4/h5-8,11-13,15,26H,9-10H2,1-4H3. The van der Waals surface area contributed by atoms with E-state index in [0.29, 0.717) is 12.1 Å². The smallest absolute Gasteiger partial charge is 0.255 e. The maximum absolute atomic E-state index is 13.6. The van der Waals surface area contributed by atoms with E-state index in [2.05, 4.69) is 54.0 Å². The van der Waals surface area contributed by atoms with Crippen molar-refractivity contribution in [2.75, 3.05) is 6.54 Å². The molecule has 0 fully saturated rings. The van der Waals surface area contributed by atoms with Gasteiger partial charge in [0, 0.05) is 34.9 Å². The number of H-pyrrole nitrogens is 1. The lowest BCUT2D eigenvalue weighted by Gasteiger charge is -2.34. The molecule has 0 saturated heterocycles. The third-order valence-corrected chi connectivity index (χ3v) is 6.01. The van der Waals surface area contributed by atoms with E-state index >= 15 is 0 Å². The molecule has 29 heavy (non-hydrogen) atoms. The molecule has 1 unspecified atom stereocenters. The first-order chi connectivity index (χ1) is 14.0. The summed E-state index contributed by atoms with van der Waals surface area (Å²) in [5.41, 5.74) is 5.91. The minimum absolute atomic E-state index is 0.0117. The Morgan fingerprint density at radius 3 is 2.83 bits per heavy atom. The number of nitrogens with zero attached hydrogens (tertiary/aromatic N) is 4. The first-order valence-corrected chi connectivity index (χ1v) is 10.2. The van der Waals surface area contributed by atoms with E-state index in [-0.39, 0.29) is 18.0 Å². The highest BCUT2D eigenvalue weighted by atomic mass is 16.2. The van der Waals surface area contributed by atoms with Crippen molar-refractivity contribution >= 4 is 27.8 Å². The van der Waals surface area contributed by atoms with Crippen LogP contribution in [0.1, 0.15) is 60.2 Å². The second-order valence-corrected chi connectivity index (χ2v) is 8.22. The minimum Gasteiger partial charge on any atom is -0.356 e. The van der Waals surface area contributed by atoms with Gasteiger partial charge in [0.2, 0.25) is 0 Å². The van der Waals surface area contributed by atoms with Gasteiger partial charge in [-0.05, 0) is 51.8 Å². The van der Waals surface area contributed by atoms with E-state index in [1.165, 1.54) is 10.9 Å². The predicted octanol–water partition coefficient (Wildman–Crippen LogP) is 4.56. The molecule has 1 atom stereocenters. The Hall–Kier alpha value is -3.15. The summed E-state index contributed by atoms with van der Waals surface area (Å²) in [7, 11) is 0. The molecule has 5 rings (SSSR count). The van der Waals surface area contributed by atoms with Crippen LogP contribution in [-0.4, -0.2) is 37.1 Å². The number of nitrogens with one attached hydrogen (secondary N) is 1. The highest BCUT2D eigenvalue weighted by Gasteiger charge is 2.32. The average molecular weight is 387 g/mol. The Kier molecular flexibility index (Phi) is 3.98. The van der Waals surface area contributed by atoms with Crippen LogP contribution in [0.4, 0.5) is 0 Å². The van der Waals surface area contributed by atoms with Crippen molar-refractivity contribution in [3.8, 4) is 0 Å². The molecule has 1 N–H and O–H groups in total.